The van der Waals surface area contributed by atoms with Crippen molar-refractivity contribution in [2.75, 3.05) is 24.7 Å². The van der Waals surface area contributed by atoms with Crippen LogP contribution in [0.25, 0.3) is 0 Å². The number of carbonyl (C=O) groups is 2. The summed E-state index contributed by atoms with van der Waals surface area (Å²) in [5.74, 6) is -4.62. The zero-order chi connectivity index (χ0) is 24.2. The molecule has 0 fully saturated rings. The van der Waals surface area contributed by atoms with E-state index in [4.69, 9.17) is 21.1 Å². The monoisotopic (exact) mass is 545 g/mol. The van der Waals surface area contributed by atoms with Gasteiger partial charge in [-0.05, 0) is 48.9 Å². The number of anilines is 1. The zero-order valence-corrected chi connectivity index (χ0v) is 20.2. The van der Waals surface area contributed by atoms with Crippen LogP contribution in [-0.4, -0.2) is 42.9 Å². The third-order valence-corrected chi connectivity index (χ3v) is 6.15. The summed E-state index contributed by atoms with van der Waals surface area (Å²) in [6.07, 6.45) is -0.270. The maximum atomic E-state index is 15.3. The Hall–Kier alpha value is -2.23. The Kier molecular flexibility index (Phi) is 7.97. The van der Waals surface area contributed by atoms with E-state index in [1.807, 2.05) is 6.92 Å². The average molecular weight is 547 g/mol. The zero-order valence-electron chi connectivity index (χ0n) is 17.8. The molecule has 178 valence electrons. The molecule has 1 heterocycles. The van der Waals surface area contributed by atoms with Crippen LogP contribution in [0.3, 0.4) is 0 Å². The molecule has 6 nitrogen and oxygen atoms in total. The molecule has 10 heteroatoms. The van der Waals surface area contributed by atoms with Gasteiger partial charge in [0.05, 0.1) is 17.9 Å². The molecule has 0 spiro atoms. The third-order valence-electron chi connectivity index (χ3n) is 5.39. The molecule has 0 aliphatic carbocycles. The molecule has 0 bridgehead atoms. The number of carbonyl (C=O) groups excluding carboxylic acids is 2. The third kappa shape index (κ3) is 5.47. The van der Waals surface area contributed by atoms with Gasteiger partial charge in [0, 0.05) is 28.0 Å². The first-order valence-corrected chi connectivity index (χ1v) is 11.5. The number of benzene rings is 2. The largest absolute Gasteiger partial charge is 0.458 e. The Balaban J connectivity index is 1.94. The molecule has 1 amide bonds. The van der Waals surface area contributed by atoms with Crippen LogP contribution < -0.4 is 4.90 Å². The molecule has 2 aromatic carbocycles. The lowest BCUT2D eigenvalue weighted by Crippen LogP contribution is -2.49. The van der Waals surface area contributed by atoms with Crippen LogP contribution in [0.4, 0.5) is 19.3 Å². The molecule has 0 radical (unpaired) electrons. The number of amides is 1. The standard InChI is InChI=1S/C23H23BrClF2NO5/c1-2-3-12-32-21(30)28-11-10-23(26,27)22(31,18-13-17(25)8-9-19(18)28)14-33-20(29)15-4-6-16(24)7-5-15/h4-9,13,31H,2-3,10-12,14H2,1H3/t22-/m0/s1. The number of ether oxygens (including phenoxy) is 2. The van der Waals surface area contributed by atoms with Gasteiger partial charge >= 0.3 is 12.1 Å². The van der Waals surface area contributed by atoms with E-state index in [9.17, 15) is 14.7 Å². The number of hydrogen-bond donors (Lipinski definition) is 1. The predicted molar refractivity (Wildman–Crippen MR) is 123 cm³/mol. The lowest BCUT2D eigenvalue weighted by molar-refractivity contribution is -0.205. The number of hydrogen-bond acceptors (Lipinski definition) is 5. The highest BCUT2D eigenvalue weighted by Crippen LogP contribution is 2.47. The van der Waals surface area contributed by atoms with Crippen molar-refractivity contribution in [3.63, 3.8) is 0 Å². The SMILES string of the molecule is CCCCOC(=O)N1CCC(F)(F)[C@](O)(COC(=O)c2ccc(Br)cc2)c2cc(Cl)ccc21. The van der Waals surface area contributed by atoms with Gasteiger partial charge in [0.25, 0.3) is 5.92 Å². The van der Waals surface area contributed by atoms with E-state index in [0.29, 0.717) is 6.42 Å². The normalized spacial score (nSPS) is 19.4. The summed E-state index contributed by atoms with van der Waals surface area (Å²) < 4.78 is 41.6. The maximum absolute atomic E-state index is 15.3. The van der Waals surface area contributed by atoms with E-state index in [-0.39, 0.29) is 28.4 Å². The number of esters is 1. The lowest BCUT2D eigenvalue weighted by Gasteiger charge is -2.34. The average Bonchev–Trinajstić information content (AvgIpc) is 2.86. The van der Waals surface area contributed by atoms with Crippen molar-refractivity contribution >= 4 is 45.3 Å². The first kappa shape index (κ1) is 25.4. The van der Waals surface area contributed by atoms with E-state index in [2.05, 4.69) is 15.9 Å². The van der Waals surface area contributed by atoms with Gasteiger partial charge in [-0.15, -0.1) is 0 Å². The second-order valence-corrected chi connectivity index (χ2v) is 9.03. The maximum Gasteiger partial charge on any atom is 0.414 e. The molecular formula is C23H23BrClF2NO5. The van der Waals surface area contributed by atoms with E-state index in [1.54, 1.807) is 12.1 Å². The van der Waals surface area contributed by atoms with Gasteiger partial charge in [-0.25, -0.2) is 18.4 Å². The van der Waals surface area contributed by atoms with Crippen molar-refractivity contribution in [2.45, 2.75) is 37.7 Å². The minimum atomic E-state index is -3.75. The Labute approximate surface area is 203 Å². The van der Waals surface area contributed by atoms with Crippen LogP contribution >= 0.6 is 27.5 Å². The molecule has 33 heavy (non-hydrogen) atoms. The molecule has 2 aromatic rings. The van der Waals surface area contributed by atoms with Crippen molar-refractivity contribution in [1.29, 1.82) is 0 Å². The van der Waals surface area contributed by atoms with E-state index >= 15 is 8.78 Å². The molecule has 0 saturated heterocycles. The Bertz CT molecular complexity index is 1020. The van der Waals surface area contributed by atoms with Gasteiger partial charge in [0.15, 0.2) is 5.60 Å². The predicted octanol–water partition coefficient (Wildman–Crippen LogP) is 5.93. The first-order valence-electron chi connectivity index (χ1n) is 10.4. The highest BCUT2D eigenvalue weighted by atomic mass is 79.9. The van der Waals surface area contributed by atoms with Crippen molar-refractivity contribution < 1.29 is 33.0 Å². The molecule has 1 atom stereocenters. The van der Waals surface area contributed by atoms with Gasteiger partial charge in [-0.2, -0.15) is 0 Å². The highest BCUT2D eigenvalue weighted by molar-refractivity contribution is 9.10. The van der Waals surface area contributed by atoms with Crippen LogP contribution in [-0.2, 0) is 15.1 Å². The summed E-state index contributed by atoms with van der Waals surface area (Å²) in [6, 6.07) is 10.1. The Morgan fingerprint density at radius 3 is 2.55 bits per heavy atom. The van der Waals surface area contributed by atoms with E-state index in [1.165, 1.54) is 24.3 Å². The van der Waals surface area contributed by atoms with E-state index < -0.39 is 43.2 Å². The molecule has 1 N–H and O–H groups in total. The summed E-state index contributed by atoms with van der Waals surface area (Å²) in [4.78, 5) is 26.1. The lowest BCUT2D eigenvalue weighted by atomic mass is 9.86. The van der Waals surface area contributed by atoms with Gasteiger partial charge in [0.2, 0.25) is 0 Å². The summed E-state index contributed by atoms with van der Waals surface area (Å²) in [7, 11) is 0. The van der Waals surface area contributed by atoms with E-state index in [0.717, 1.165) is 21.9 Å². The van der Waals surface area contributed by atoms with Gasteiger partial charge in [-0.3, -0.25) is 4.90 Å². The molecule has 1 aliphatic heterocycles. The fourth-order valence-corrected chi connectivity index (χ4v) is 3.88. The van der Waals surface area contributed by atoms with Crippen LogP contribution in [0.2, 0.25) is 5.02 Å². The number of rotatable bonds is 6. The Morgan fingerprint density at radius 2 is 1.88 bits per heavy atom. The second-order valence-electron chi connectivity index (χ2n) is 7.68. The van der Waals surface area contributed by atoms with Crippen molar-refractivity contribution in [3.05, 3.63) is 63.1 Å². The number of alkyl halides is 2. The Morgan fingerprint density at radius 1 is 1.18 bits per heavy atom. The fraction of sp³-hybridized carbons (Fsp3) is 0.391. The van der Waals surface area contributed by atoms with Crippen molar-refractivity contribution in [3.8, 4) is 0 Å². The van der Waals surface area contributed by atoms with Crippen molar-refractivity contribution in [1.82, 2.24) is 0 Å². The van der Waals surface area contributed by atoms with Crippen molar-refractivity contribution in [2.24, 2.45) is 0 Å². The van der Waals surface area contributed by atoms with Crippen LogP contribution in [0.15, 0.2) is 46.9 Å². The molecule has 1 aliphatic rings. The summed E-state index contributed by atoms with van der Waals surface area (Å²) in [6.45, 7) is 0.615. The van der Waals surface area contributed by atoms with Gasteiger partial charge < -0.3 is 14.6 Å². The quantitative estimate of drug-likeness (QED) is 0.359. The summed E-state index contributed by atoms with van der Waals surface area (Å²) in [5, 5.41) is 11.3. The van der Waals surface area contributed by atoms with Gasteiger partial charge in [0.1, 0.15) is 6.61 Å². The number of aliphatic hydroxyl groups is 1. The smallest absolute Gasteiger partial charge is 0.414 e. The van der Waals surface area contributed by atoms with Crippen LogP contribution in [0.1, 0.15) is 42.1 Å². The minimum Gasteiger partial charge on any atom is -0.458 e. The summed E-state index contributed by atoms with van der Waals surface area (Å²) >= 11 is 9.29. The molecule has 0 unspecified atom stereocenters. The number of fused-ring (bicyclic) bond motifs is 1. The molecule has 0 aromatic heterocycles. The highest BCUT2D eigenvalue weighted by Gasteiger charge is 2.58. The molecule has 0 saturated carbocycles. The number of nitrogens with zero attached hydrogens (tertiary/aromatic N) is 1. The fourth-order valence-electron chi connectivity index (χ4n) is 3.45. The number of unbranched alkanes of at least 4 members (excludes halogenated alkanes) is 1. The second kappa shape index (κ2) is 10.4. The molecule has 3 rings (SSSR count). The number of halogens is 4. The molecular weight excluding hydrogens is 524 g/mol. The van der Waals surface area contributed by atoms with Crippen LogP contribution in [0, 0.1) is 0 Å². The van der Waals surface area contributed by atoms with Crippen LogP contribution in [0.5, 0.6) is 0 Å². The topological polar surface area (TPSA) is 76.1 Å². The summed E-state index contributed by atoms with van der Waals surface area (Å²) in [5.41, 5.74) is -3.10. The van der Waals surface area contributed by atoms with Gasteiger partial charge in [-0.1, -0.05) is 40.9 Å². The first-order chi connectivity index (χ1) is 15.6. The minimum absolute atomic E-state index is 0.0141.